The monoisotopic (exact) mass is 343 g/mol. The van der Waals surface area contributed by atoms with E-state index in [1.165, 1.54) is 26.9 Å². The Labute approximate surface area is 148 Å². The fraction of sp³-hybridized carbons (Fsp3) is 0.526. The van der Waals surface area contributed by atoms with Gasteiger partial charge in [0.15, 0.2) is 0 Å². The van der Waals surface area contributed by atoms with Gasteiger partial charge in [0.25, 0.3) is 0 Å². The summed E-state index contributed by atoms with van der Waals surface area (Å²) in [6.07, 6.45) is 13.5. The molecular formula is C19H25N3OS. The van der Waals surface area contributed by atoms with Crippen molar-refractivity contribution < 1.29 is 5.11 Å². The van der Waals surface area contributed by atoms with E-state index in [-0.39, 0.29) is 6.61 Å². The zero-order valence-corrected chi connectivity index (χ0v) is 14.9. The molecule has 1 fully saturated rings. The molecule has 0 aromatic rings. The molecule has 128 valence electrons. The summed E-state index contributed by atoms with van der Waals surface area (Å²) in [6.45, 7) is 5.04. The molecule has 5 heteroatoms. The summed E-state index contributed by atoms with van der Waals surface area (Å²) in [5, 5.41) is 9.14. The van der Waals surface area contributed by atoms with Gasteiger partial charge in [0.2, 0.25) is 0 Å². The van der Waals surface area contributed by atoms with Crippen LogP contribution in [0.25, 0.3) is 0 Å². The first-order chi connectivity index (χ1) is 11.8. The molecule has 0 radical (unpaired) electrons. The number of piperazine rings is 1. The van der Waals surface area contributed by atoms with Crippen LogP contribution in [0.5, 0.6) is 0 Å². The average molecular weight is 343 g/mol. The van der Waals surface area contributed by atoms with E-state index < -0.39 is 0 Å². The molecule has 2 heterocycles. The fourth-order valence-corrected chi connectivity index (χ4v) is 4.88. The summed E-state index contributed by atoms with van der Waals surface area (Å²) in [6, 6.07) is 0. The first-order valence-corrected chi connectivity index (χ1v) is 9.81. The maximum absolute atomic E-state index is 9.14. The van der Waals surface area contributed by atoms with Gasteiger partial charge in [-0.25, -0.2) is 4.99 Å². The van der Waals surface area contributed by atoms with Crippen molar-refractivity contribution in [3.8, 4) is 0 Å². The molecule has 4 nitrogen and oxygen atoms in total. The van der Waals surface area contributed by atoms with E-state index in [0.717, 1.165) is 58.4 Å². The molecule has 0 spiro atoms. The number of allylic oxidation sites excluding steroid dienone is 5. The molecule has 0 unspecified atom stereocenters. The molecule has 4 rings (SSSR count). The van der Waals surface area contributed by atoms with Crippen LogP contribution in [-0.2, 0) is 0 Å². The highest BCUT2D eigenvalue weighted by molar-refractivity contribution is 8.07. The Hall–Kier alpha value is -1.30. The van der Waals surface area contributed by atoms with Crippen LogP contribution in [0.15, 0.2) is 50.4 Å². The van der Waals surface area contributed by atoms with Crippen molar-refractivity contribution >= 4 is 17.6 Å². The minimum absolute atomic E-state index is 0.249. The third-order valence-electron chi connectivity index (χ3n) is 5.04. The second-order valence-corrected chi connectivity index (χ2v) is 7.76. The Balaban J connectivity index is 1.63. The minimum Gasteiger partial charge on any atom is -0.395 e. The number of rotatable bonds is 2. The highest BCUT2D eigenvalue weighted by atomic mass is 32.2. The molecule has 0 aromatic carbocycles. The molecule has 0 aromatic heterocycles. The van der Waals surface area contributed by atoms with Crippen molar-refractivity contribution in [2.45, 2.75) is 25.7 Å². The Morgan fingerprint density at radius 3 is 2.67 bits per heavy atom. The van der Waals surface area contributed by atoms with Crippen LogP contribution in [0.1, 0.15) is 25.7 Å². The lowest BCUT2D eigenvalue weighted by molar-refractivity contribution is 0.147. The van der Waals surface area contributed by atoms with Gasteiger partial charge < -0.3 is 10.0 Å². The van der Waals surface area contributed by atoms with Gasteiger partial charge in [-0.3, -0.25) is 4.90 Å². The zero-order valence-electron chi connectivity index (χ0n) is 14.1. The third-order valence-corrected chi connectivity index (χ3v) is 6.31. The second-order valence-electron chi connectivity index (χ2n) is 6.62. The number of hydrogen-bond donors (Lipinski definition) is 1. The predicted molar refractivity (Wildman–Crippen MR) is 101 cm³/mol. The quantitative estimate of drug-likeness (QED) is 0.837. The van der Waals surface area contributed by atoms with Crippen molar-refractivity contribution in [2.24, 2.45) is 4.99 Å². The van der Waals surface area contributed by atoms with Gasteiger partial charge in [0.1, 0.15) is 5.84 Å². The first kappa shape index (κ1) is 16.2. The maximum Gasteiger partial charge on any atom is 0.133 e. The summed E-state index contributed by atoms with van der Waals surface area (Å²) in [4.78, 5) is 12.8. The van der Waals surface area contributed by atoms with Gasteiger partial charge in [-0.15, -0.1) is 0 Å². The number of thioether (sulfide) groups is 1. The van der Waals surface area contributed by atoms with Crippen molar-refractivity contribution in [1.29, 1.82) is 0 Å². The van der Waals surface area contributed by atoms with Gasteiger partial charge in [-0.2, -0.15) is 0 Å². The van der Waals surface area contributed by atoms with Crippen LogP contribution < -0.4 is 0 Å². The Morgan fingerprint density at radius 2 is 1.83 bits per heavy atom. The minimum atomic E-state index is 0.249. The van der Waals surface area contributed by atoms with Crippen molar-refractivity contribution in [3.05, 3.63) is 45.4 Å². The first-order valence-electron chi connectivity index (χ1n) is 8.99. The topological polar surface area (TPSA) is 39.1 Å². The normalized spacial score (nSPS) is 24.7. The molecule has 0 bridgehead atoms. The summed E-state index contributed by atoms with van der Waals surface area (Å²) >= 11 is 1.93. The van der Waals surface area contributed by atoms with Crippen LogP contribution in [0.3, 0.4) is 0 Å². The molecule has 0 atom stereocenters. The van der Waals surface area contributed by atoms with E-state index >= 15 is 0 Å². The van der Waals surface area contributed by atoms with Gasteiger partial charge in [0.05, 0.1) is 12.3 Å². The van der Waals surface area contributed by atoms with Crippen molar-refractivity contribution in [3.63, 3.8) is 0 Å². The summed E-state index contributed by atoms with van der Waals surface area (Å²) < 4.78 is 0. The van der Waals surface area contributed by atoms with Gasteiger partial charge >= 0.3 is 0 Å². The second kappa shape index (κ2) is 7.30. The average Bonchev–Trinajstić information content (AvgIpc) is 2.79. The van der Waals surface area contributed by atoms with Gasteiger partial charge in [-0.1, -0.05) is 30.0 Å². The number of nitrogens with zero attached hydrogens (tertiary/aromatic N) is 3. The zero-order chi connectivity index (χ0) is 16.4. The molecule has 24 heavy (non-hydrogen) atoms. The molecule has 2 aliphatic carbocycles. The molecule has 2 aliphatic heterocycles. The third kappa shape index (κ3) is 3.25. The SMILES string of the molecule is OCCN1CCN(C2=NC3=C(CCC=C3)SC3=C2CCC=C3)CC1. The Kier molecular flexibility index (Phi) is 4.92. The number of β-amino-alcohol motifs (C(OH)–C–C–N with tert-alkyl or cyclic N) is 1. The summed E-state index contributed by atoms with van der Waals surface area (Å²) in [5.41, 5.74) is 2.60. The largest absolute Gasteiger partial charge is 0.395 e. The van der Waals surface area contributed by atoms with Crippen LogP contribution in [-0.4, -0.2) is 60.1 Å². The van der Waals surface area contributed by atoms with E-state index in [1.54, 1.807) is 0 Å². The van der Waals surface area contributed by atoms with Crippen LogP contribution in [0.2, 0.25) is 0 Å². The lowest BCUT2D eigenvalue weighted by Crippen LogP contribution is -2.49. The number of hydrogen-bond acceptors (Lipinski definition) is 5. The smallest absolute Gasteiger partial charge is 0.133 e. The standard InChI is InChI=1S/C19H25N3OS/c23-14-13-21-9-11-22(12-10-21)19-15-5-1-3-7-17(15)24-18-8-4-2-6-16(18)20-19/h2-3,6-7,23H,1,4-5,8-14H2. The van der Waals surface area contributed by atoms with Gasteiger partial charge in [-0.05, 0) is 31.8 Å². The van der Waals surface area contributed by atoms with E-state index in [1.807, 2.05) is 11.8 Å². The molecule has 0 saturated carbocycles. The van der Waals surface area contributed by atoms with E-state index in [4.69, 9.17) is 10.1 Å². The molecule has 1 saturated heterocycles. The van der Waals surface area contributed by atoms with Crippen LogP contribution in [0, 0.1) is 0 Å². The van der Waals surface area contributed by atoms with Crippen molar-refractivity contribution in [2.75, 3.05) is 39.3 Å². The van der Waals surface area contributed by atoms with Crippen LogP contribution >= 0.6 is 11.8 Å². The fourth-order valence-electron chi connectivity index (χ4n) is 3.69. The highest BCUT2D eigenvalue weighted by Crippen LogP contribution is 2.42. The number of aliphatic imine (C=N–C) groups is 1. The lowest BCUT2D eigenvalue weighted by Gasteiger charge is -2.37. The van der Waals surface area contributed by atoms with Gasteiger partial charge in [0, 0.05) is 48.1 Å². The lowest BCUT2D eigenvalue weighted by atomic mass is 10.0. The molecule has 4 aliphatic rings. The van der Waals surface area contributed by atoms with Crippen LogP contribution in [0.4, 0.5) is 0 Å². The highest BCUT2D eigenvalue weighted by Gasteiger charge is 2.27. The molecule has 0 amide bonds. The number of amidine groups is 1. The summed E-state index contributed by atoms with van der Waals surface area (Å²) in [5.74, 6) is 1.20. The van der Waals surface area contributed by atoms with E-state index in [0.29, 0.717) is 0 Å². The maximum atomic E-state index is 9.14. The Morgan fingerprint density at radius 1 is 1.04 bits per heavy atom. The van der Waals surface area contributed by atoms with E-state index in [2.05, 4.69) is 34.1 Å². The predicted octanol–water partition coefficient (Wildman–Crippen LogP) is 2.91. The van der Waals surface area contributed by atoms with Crippen molar-refractivity contribution in [1.82, 2.24) is 9.80 Å². The molecule has 1 N–H and O–H groups in total. The summed E-state index contributed by atoms with van der Waals surface area (Å²) in [7, 11) is 0. The molecular weight excluding hydrogens is 318 g/mol. The van der Waals surface area contributed by atoms with E-state index in [9.17, 15) is 0 Å². The number of aliphatic hydroxyl groups is 1. The number of aliphatic hydroxyl groups excluding tert-OH is 1. The Bertz CT molecular complexity index is 652.